The van der Waals surface area contributed by atoms with Crippen LogP contribution in [0.2, 0.25) is 0 Å². The molecule has 1 heterocycles. The van der Waals surface area contributed by atoms with E-state index in [1.165, 1.54) is 4.88 Å². The van der Waals surface area contributed by atoms with Gasteiger partial charge in [0.25, 0.3) is 0 Å². The first-order valence-corrected chi connectivity index (χ1v) is 6.06. The summed E-state index contributed by atoms with van der Waals surface area (Å²) in [5, 5.41) is 1.15. The molecule has 0 bridgehead atoms. The molecule has 14 heavy (non-hydrogen) atoms. The van der Waals surface area contributed by atoms with Gasteiger partial charge in [-0.2, -0.15) is 0 Å². The lowest BCUT2D eigenvalue weighted by atomic mass is 10.0. The molecule has 0 fully saturated rings. The lowest BCUT2D eigenvalue weighted by molar-refractivity contribution is 0.0968. The normalized spacial score (nSPS) is 18.0. The van der Waals surface area contributed by atoms with Crippen molar-refractivity contribution in [3.63, 3.8) is 0 Å². The molecule has 0 N–H and O–H groups in total. The summed E-state index contributed by atoms with van der Waals surface area (Å²) >= 11 is 1.74. The second kappa shape index (κ2) is 3.81. The summed E-state index contributed by atoms with van der Waals surface area (Å²) in [4.78, 5) is 17.2. The van der Waals surface area contributed by atoms with Crippen LogP contribution in [-0.2, 0) is 6.42 Å². The Balaban J connectivity index is 2.35. The molecule has 0 amide bonds. The summed E-state index contributed by atoms with van der Waals surface area (Å²) in [6.07, 6.45) is 3.85. The first-order valence-electron chi connectivity index (χ1n) is 5.25. The highest BCUT2D eigenvalue weighted by Crippen LogP contribution is 2.31. The number of aryl methyl sites for hydroxylation is 1. The van der Waals surface area contributed by atoms with E-state index in [4.69, 9.17) is 0 Å². The Morgan fingerprint density at radius 1 is 1.50 bits per heavy atom. The number of hydrogen-bond acceptors (Lipinski definition) is 3. The molecular weight excluding hydrogens is 194 g/mol. The molecule has 1 unspecified atom stereocenters. The quantitative estimate of drug-likeness (QED) is 0.748. The molecular formula is C11H15NOS. The number of ketones is 1. The molecule has 0 saturated carbocycles. The van der Waals surface area contributed by atoms with E-state index in [0.29, 0.717) is 12.3 Å². The number of aromatic nitrogens is 1. The van der Waals surface area contributed by atoms with Gasteiger partial charge in [0.15, 0.2) is 5.78 Å². The second-order valence-electron chi connectivity index (χ2n) is 3.91. The van der Waals surface area contributed by atoms with Crippen molar-refractivity contribution in [2.45, 2.75) is 45.4 Å². The molecule has 2 nitrogen and oxygen atoms in total. The van der Waals surface area contributed by atoms with Crippen molar-refractivity contribution in [2.75, 3.05) is 0 Å². The highest BCUT2D eigenvalue weighted by molar-refractivity contribution is 7.12. The predicted molar refractivity (Wildman–Crippen MR) is 58.1 cm³/mol. The lowest BCUT2D eigenvalue weighted by Gasteiger charge is -2.06. The van der Waals surface area contributed by atoms with Crippen LogP contribution in [0.25, 0.3) is 0 Å². The first kappa shape index (κ1) is 9.84. The van der Waals surface area contributed by atoms with Crippen molar-refractivity contribution >= 4 is 17.1 Å². The third-order valence-electron chi connectivity index (χ3n) is 2.82. The molecule has 3 heteroatoms. The molecule has 0 aromatic carbocycles. The molecule has 1 atom stereocenters. The average molecular weight is 209 g/mol. The van der Waals surface area contributed by atoms with Crippen LogP contribution in [0.5, 0.6) is 0 Å². The molecule has 0 spiro atoms. The number of carbonyl (C=O) groups is 1. The Hall–Kier alpha value is -0.700. The topological polar surface area (TPSA) is 30.0 Å². The van der Waals surface area contributed by atoms with E-state index in [1.807, 2.05) is 0 Å². The fraction of sp³-hybridized carbons (Fsp3) is 0.636. The molecule has 0 saturated heterocycles. The first-order chi connectivity index (χ1) is 6.72. The number of Topliss-reactive ketones (excluding diaryl/α,β-unsaturated/α-hetero) is 1. The van der Waals surface area contributed by atoms with Crippen molar-refractivity contribution < 1.29 is 4.79 Å². The fourth-order valence-corrected chi connectivity index (χ4v) is 2.93. The fourth-order valence-electron chi connectivity index (χ4n) is 1.67. The summed E-state index contributed by atoms with van der Waals surface area (Å²) in [6.45, 7) is 4.33. The lowest BCUT2D eigenvalue weighted by Crippen LogP contribution is -2.09. The van der Waals surface area contributed by atoms with Crippen LogP contribution in [0.3, 0.4) is 0 Å². The van der Waals surface area contributed by atoms with Crippen LogP contribution in [-0.4, -0.2) is 10.8 Å². The van der Waals surface area contributed by atoms with Crippen LogP contribution in [0, 0.1) is 0 Å². The SMILES string of the molecule is CCC(C)c1nc2c(s1)CCCC2=O. The minimum absolute atomic E-state index is 0.247. The molecule has 76 valence electrons. The number of carbonyl (C=O) groups excluding carboxylic acids is 1. The number of fused-ring (bicyclic) bond motifs is 1. The molecule has 1 aliphatic carbocycles. The smallest absolute Gasteiger partial charge is 0.182 e. The van der Waals surface area contributed by atoms with Gasteiger partial charge in [-0.05, 0) is 19.3 Å². The number of nitrogens with zero attached hydrogens (tertiary/aromatic N) is 1. The molecule has 0 aliphatic heterocycles. The van der Waals surface area contributed by atoms with Crippen LogP contribution in [0.1, 0.15) is 59.4 Å². The zero-order valence-electron chi connectivity index (χ0n) is 8.67. The highest BCUT2D eigenvalue weighted by Gasteiger charge is 2.23. The number of hydrogen-bond donors (Lipinski definition) is 0. The van der Waals surface area contributed by atoms with E-state index in [1.54, 1.807) is 11.3 Å². The van der Waals surface area contributed by atoms with Crippen LogP contribution >= 0.6 is 11.3 Å². The Labute approximate surface area is 88.4 Å². The van der Waals surface area contributed by atoms with Crippen molar-refractivity contribution in [1.29, 1.82) is 0 Å². The molecule has 2 rings (SSSR count). The van der Waals surface area contributed by atoms with Crippen molar-refractivity contribution in [1.82, 2.24) is 4.98 Å². The number of rotatable bonds is 2. The monoisotopic (exact) mass is 209 g/mol. The highest BCUT2D eigenvalue weighted by atomic mass is 32.1. The molecule has 0 radical (unpaired) electrons. The second-order valence-corrected chi connectivity index (χ2v) is 5.03. The maximum atomic E-state index is 11.6. The van der Waals surface area contributed by atoms with Gasteiger partial charge in [0.05, 0.1) is 5.01 Å². The van der Waals surface area contributed by atoms with Crippen LogP contribution in [0.15, 0.2) is 0 Å². The Morgan fingerprint density at radius 3 is 2.93 bits per heavy atom. The zero-order valence-corrected chi connectivity index (χ0v) is 9.49. The van der Waals surface area contributed by atoms with E-state index in [2.05, 4.69) is 18.8 Å². The Kier molecular flexibility index (Phi) is 2.68. The summed E-state index contributed by atoms with van der Waals surface area (Å²) in [5.74, 6) is 0.746. The van der Waals surface area contributed by atoms with Gasteiger partial charge < -0.3 is 0 Å². The summed E-state index contributed by atoms with van der Waals surface area (Å²) in [6, 6.07) is 0. The molecule has 1 aromatic heterocycles. The Morgan fingerprint density at radius 2 is 2.29 bits per heavy atom. The van der Waals surface area contributed by atoms with Crippen LogP contribution < -0.4 is 0 Å². The van der Waals surface area contributed by atoms with Crippen molar-refractivity contribution in [2.24, 2.45) is 0 Å². The number of thiazole rings is 1. The molecule has 1 aromatic rings. The predicted octanol–water partition coefficient (Wildman–Crippen LogP) is 3.18. The summed E-state index contributed by atoms with van der Waals surface area (Å²) < 4.78 is 0. The van der Waals surface area contributed by atoms with E-state index in [-0.39, 0.29) is 5.78 Å². The summed E-state index contributed by atoms with van der Waals surface area (Å²) in [5.41, 5.74) is 0.775. The van der Waals surface area contributed by atoms with Crippen molar-refractivity contribution in [3.05, 3.63) is 15.6 Å². The van der Waals surface area contributed by atoms with E-state index < -0.39 is 0 Å². The van der Waals surface area contributed by atoms with Gasteiger partial charge in [0, 0.05) is 17.2 Å². The third-order valence-corrected chi connectivity index (χ3v) is 4.17. The largest absolute Gasteiger partial charge is 0.292 e. The van der Waals surface area contributed by atoms with Gasteiger partial charge in [-0.3, -0.25) is 4.79 Å². The van der Waals surface area contributed by atoms with E-state index in [0.717, 1.165) is 30.0 Å². The standard InChI is InChI=1S/C11H15NOS/c1-3-7(2)11-12-10-8(13)5-4-6-9(10)14-11/h7H,3-6H2,1-2H3. The van der Waals surface area contributed by atoms with Gasteiger partial charge in [-0.15, -0.1) is 11.3 Å². The third kappa shape index (κ3) is 1.61. The maximum Gasteiger partial charge on any atom is 0.182 e. The van der Waals surface area contributed by atoms with Gasteiger partial charge in [0.1, 0.15) is 5.69 Å². The Bertz CT molecular complexity index is 356. The minimum atomic E-state index is 0.247. The van der Waals surface area contributed by atoms with Gasteiger partial charge in [-0.1, -0.05) is 13.8 Å². The van der Waals surface area contributed by atoms with Gasteiger partial charge in [-0.25, -0.2) is 4.98 Å². The maximum absolute atomic E-state index is 11.6. The zero-order chi connectivity index (χ0) is 10.1. The van der Waals surface area contributed by atoms with E-state index >= 15 is 0 Å². The summed E-state index contributed by atoms with van der Waals surface area (Å²) in [7, 11) is 0. The minimum Gasteiger partial charge on any atom is -0.292 e. The van der Waals surface area contributed by atoms with Gasteiger partial charge in [0.2, 0.25) is 0 Å². The van der Waals surface area contributed by atoms with Crippen molar-refractivity contribution in [3.8, 4) is 0 Å². The van der Waals surface area contributed by atoms with E-state index in [9.17, 15) is 4.79 Å². The van der Waals surface area contributed by atoms with Crippen LogP contribution in [0.4, 0.5) is 0 Å². The average Bonchev–Trinajstić information content (AvgIpc) is 2.62. The van der Waals surface area contributed by atoms with Gasteiger partial charge >= 0.3 is 0 Å². The molecule has 1 aliphatic rings.